The molecule has 2 aliphatic rings. The van der Waals surface area contributed by atoms with Gasteiger partial charge in [-0.3, -0.25) is 12.2 Å². The molecule has 0 saturated heterocycles. The van der Waals surface area contributed by atoms with Crippen molar-refractivity contribution in [2.45, 2.75) is 157 Å². The van der Waals surface area contributed by atoms with Gasteiger partial charge in [0.25, 0.3) is 0 Å². The molecule has 452 valence electrons. The van der Waals surface area contributed by atoms with E-state index >= 15 is 0 Å². The first kappa shape index (κ1) is 73.3. The Morgan fingerprint density at radius 2 is 0.580 bits per heavy atom. The van der Waals surface area contributed by atoms with Crippen molar-refractivity contribution < 1.29 is 73.3 Å². The number of benzene rings is 8. The van der Waals surface area contributed by atoms with Gasteiger partial charge >= 0.3 is 198 Å². The van der Waals surface area contributed by atoms with Gasteiger partial charge in [-0.05, 0) is 21.7 Å². The van der Waals surface area contributed by atoms with Gasteiger partial charge in [0, 0.05) is 0 Å². The summed E-state index contributed by atoms with van der Waals surface area (Å²) in [6.07, 6.45) is 22.2. The molecule has 0 bridgehead atoms. The maximum absolute atomic E-state index is 3.26. The zero-order valence-corrected chi connectivity index (χ0v) is 61.4. The summed E-state index contributed by atoms with van der Waals surface area (Å²) in [5, 5.41) is 11.0. The minimum absolute atomic E-state index is 0. The molecule has 0 radical (unpaired) electrons. The van der Waals surface area contributed by atoms with E-state index in [0.717, 1.165) is 12.8 Å². The molecule has 10 aromatic carbocycles. The van der Waals surface area contributed by atoms with Crippen LogP contribution in [-0.2, 0) is 70.1 Å². The Labute approximate surface area is 573 Å². The fourth-order valence-electron chi connectivity index (χ4n) is 10.4. The molecule has 0 nitrogen and oxygen atoms in total. The molecule has 10 aromatic rings. The molecule has 4 heteroatoms. The normalized spacial score (nSPS) is 12.5. The number of hydrogen-bond donors (Lipinski definition) is 0. The quantitative estimate of drug-likeness (QED) is 0.133. The van der Waals surface area contributed by atoms with Crippen LogP contribution >= 0.6 is 0 Å². The fraction of sp³-hybridized carbons (Fsp3) is 0.286. The van der Waals surface area contributed by atoms with E-state index in [0.29, 0.717) is 0 Å². The van der Waals surface area contributed by atoms with Crippen molar-refractivity contribution in [2.75, 3.05) is 0 Å². The molecular weight excluding hydrogens is 1260 g/mol. The average Bonchev–Trinajstić information content (AvgIpc) is 1.71. The molecule has 0 amide bonds. The van der Waals surface area contributed by atoms with E-state index in [1.165, 1.54) is 179 Å². The Bertz CT molecular complexity index is 3450. The average molecular weight is 1360 g/mol. The first-order chi connectivity index (χ1) is 40.9. The Morgan fingerprint density at radius 1 is 0.352 bits per heavy atom. The molecule has 0 spiro atoms. The van der Waals surface area contributed by atoms with Crippen LogP contribution in [0.5, 0.6) is 0 Å². The van der Waals surface area contributed by atoms with Gasteiger partial charge in [-0.15, -0.1) is 92.3 Å². The summed E-state index contributed by atoms with van der Waals surface area (Å²) >= 11 is 2.92. The summed E-state index contributed by atoms with van der Waals surface area (Å²) in [4.78, 5) is 0. The van der Waals surface area contributed by atoms with Crippen molar-refractivity contribution in [2.24, 2.45) is 0 Å². The second-order valence-corrected chi connectivity index (χ2v) is 29.3. The summed E-state index contributed by atoms with van der Waals surface area (Å²) in [6, 6.07) is 74.6. The van der Waals surface area contributed by atoms with Gasteiger partial charge < -0.3 is 24.8 Å². The van der Waals surface area contributed by atoms with Crippen LogP contribution in [0.3, 0.4) is 0 Å². The predicted molar refractivity (Wildman–Crippen MR) is 372 cm³/mol. The SMILES string of the molecule is CC(C)(C)c1ccc2c(c1)[cH-]c1cc(C(C)(C)C)ccc12.CC(C)(C)c1ccc2c(c1)[cH-]c1cc(C(C)(C)C)ccc12.CCCC1=[C-]CC=C1.CCCC1=[C-]CC=C1.[Cl-].[Cl-].[Zr+2]=[C](c1ccccc1)c1ccccc1.[Zr+2]=[C](c1ccccc1)c1ccccc1. The molecule has 0 N–H and O–H groups in total. The molecule has 0 fully saturated rings. The van der Waals surface area contributed by atoms with E-state index < -0.39 is 0 Å². The van der Waals surface area contributed by atoms with Crippen molar-refractivity contribution in [1.82, 2.24) is 0 Å². The third-order valence-electron chi connectivity index (χ3n) is 15.7. The van der Waals surface area contributed by atoms with Crippen LogP contribution in [0.2, 0.25) is 0 Å². The monoisotopic (exact) mass is 1350 g/mol. The number of hydrogen-bond acceptors (Lipinski definition) is 0. The summed E-state index contributed by atoms with van der Waals surface area (Å²) in [7, 11) is 0. The summed E-state index contributed by atoms with van der Waals surface area (Å²) < 4.78 is 2.83. The van der Waals surface area contributed by atoms with Crippen LogP contribution in [0.25, 0.3) is 43.1 Å². The standard InChI is InChI=1S/2C21H25.2C13H10.2C8H11.2ClH.2Zr/c2*1-20(2,3)16-7-9-18-14(12-16)11-15-13-17(21(4,5)6)8-10-19(15)18;2*1-3-7-12(8-4-1)11-13-9-5-2-6-10-13;2*1-2-5-8-6-3-4-7-8;;;;/h2*7-13H,1-6H3;2*1-10H;2*3,6H,2,4-5H2,1H3;2*1H;;/q2*-1;;;2*-1;;;2*+2/p-2. The second kappa shape index (κ2) is 34.1. The van der Waals surface area contributed by atoms with Crippen molar-refractivity contribution in [1.29, 1.82) is 0 Å². The fourth-order valence-corrected chi connectivity index (χ4v) is 12.1. The predicted octanol–water partition coefficient (Wildman–Crippen LogP) is 17.2. The van der Waals surface area contributed by atoms with Crippen LogP contribution in [-0.4, -0.2) is 6.41 Å². The van der Waals surface area contributed by atoms with Crippen LogP contribution in [0.4, 0.5) is 0 Å². The van der Waals surface area contributed by atoms with Gasteiger partial charge in [-0.2, -0.15) is 12.2 Å². The van der Waals surface area contributed by atoms with Crippen molar-refractivity contribution in [3.05, 3.63) is 298 Å². The van der Waals surface area contributed by atoms with E-state index in [1.54, 1.807) is 0 Å². The Hall–Kier alpha value is -5.45. The van der Waals surface area contributed by atoms with E-state index in [2.05, 4.69) is 340 Å². The zero-order chi connectivity index (χ0) is 62.1. The summed E-state index contributed by atoms with van der Waals surface area (Å²) in [5.41, 5.74) is 14.5. The summed E-state index contributed by atoms with van der Waals surface area (Å²) in [5.74, 6) is 0. The molecule has 0 atom stereocenters. The number of allylic oxidation sites excluding steroid dienone is 8. The van der Waals surface area contributed by atoms with Gasteiger partial charge in [0.05, 0.1) is 0 Å². The van der Waals surface area contributed by atoms with Crippen molar-refractivity contribution in [3.63, 3.8) is 0 Å². The third kappa shape index (κ3) is 21.3. The molecule has 0 saturated carbocycles. The zero-order valence-electron chi connectivity index (χ0n) is 54.9. The molecular formula is C84H92Cl2Zr2-2. The number of fused-ring (bicyclic) bond motifs is 6. The van der Waals surface area contributed by atoms with Crippen LogP contribution < -0.4 is 24.8 Å². The molecule has 0 aromatic heterocycles. The van der Waals surface area contributed by atoms with E-state index in [1.807, 2.05) is 0 Å². The number of halogens is 2. The molecule has 12 rings (SSSR count). The number of rotatable bonds is 8. The van der Waals surface area contributed by atoms with Crippen molar-refractivity contribution >= 4 is 49.5 Å². The van der Waals surface area contributed by atoms with E-state index in [-0.39, 0.29) is 46.5 Å². The second-order valence-electron chi connectivity index (χ2n) is 26.8. The molecule has 88 heavy (non-hydrogen) atoms. The molecule has 0 heterocycles. The van der Waals surface area contributed by atoms with Crippen molar-refractivity contribution in [3.8, 4) is 0 Å². The maximum atomic E-state index is 3.26. The molecule has 2 aliphatic carbocycles. The van der Waals surface area contributed by atoms with Crippen LogP contribution in [0.15, 0.2) is 242 Å². The van der Waals surface area contributed by atoms with E-state index in [4.69, 9.17) is 0 Å². The first-order valence-corrected chi connectivity index (χ1v) is 33.6. The Balaban J connectivity index is 0.000000198. The van der Waals surface area contributed by atoms with Gasteiger partial charge in [0.15, 0.2) is 0 Å². The van der Waals surface area contributed by atoms with Crippen LogP contribution in [0, 0.1) is 12.2 Å². The van der Waals surface area contributed by atoms with Gasteiger partial charge in [0.1, 0.15) is 0 Å². The van der Waals surface area contributed by atoms with Gasteiger partial charge in [-0.1, -0.05) is 193 Å². The Kier molecular flexibility index (Phi) is 28.4. The molecule has 0 unspecified atom stereocenters. The molecule has 0 aliphatic heterocycles. The van der Waals surface area contributed by atoms with E-state index in [9.17, 15) is 0 Å². The topological polar surface area (TPSA) is 0 Å². The Morgan fingerprint density at radius 3 is 0.761 bits per heavy atom. The first-order valence-electron chi connectivity index (χ1n) is 31.1. The third-order valence-corrected chi connectivity index (χ3v) is 18.5. The van der Waals surface area contributed by atoms with Crippen LogP contribution in [0.1, 0.15) is 180 Å². The minimum atomic E-state index is 0. The van der Waals surface area contributed by atoms with Gasteiger partial charge in [-0.25, -0.2) is 23.3 Å². The van der Waals surface area contributed by atoms with Gasteiger partial charge in [0.2, 0.25) is 0 Å². The summed E-state index contributed by atoms with van der Waals surface area (Å²) in [6.45, 7) is 31.7.